The number of fused-ring (bicyclic) bond motifs is 1. The summed E-state index contributed by atoms with van der Waals surface area (Å²) in [5.74, 6) is 0.0342. The van der Waals surface area contributed by atoms with Crippen molar-refractivity contribution in [2.75, 3.05) is 34.4 Å². The molecule has 2 heterocycles. The molecule has 0 unspecified atom stereocenters. The molecular formula is C12H20N4O2. The Balaban J connectivity index is 2.07. The topological polar surface area (TPSA) is 61.5 Å². The monoisotopic (exact) mass is 252 g/mol. The predicted molar refractivity (Wildman–Crippen MR) is 67.0 cm³/mol. The van der Waals surface area contributed by atoms with E-state index in [4.69, 9.17) is 4.74 Å². The second-order valence-electron chi connectivity index (χ2n) is 4.86. The van der Waals surface area contributed by atoms with Gasteiger partial charge in [-0.05, 0) is 20.5 Å². The van der Waals surface area contributed by atoms with Gasteiger partial charge in [-0.15, -0.1) is 0 Å². The maximum absolute atomic E-state index is 11.8. The Labute approximate surface area is 107 Å². The summed E-state index contributed by atoms with van der Waals surface area (Å²) in [6.45, 7) is 2.33. The number of ether oxygens (including phenoxy) is 1. The Morgan fingerprint density at radius 2 is 2.33 bits per heavy atom. The van der Waals surface area contributed by atoms with Crippen molar-refractivity contribution in [2.45, 2.75) is 19.5 Å². The number of aromatic nitrogens is 2. The Hall–Kier alpha value is -1.40. The minimum Gasteiger partial charge on any atom is -0.375 e. The molecule has 0 atom stereocenters. The highest BCUT2D eigenvalue weighted by Gasteiger charge is 2.24. The molecule has 0 saturated heterocycles. The van der Waals surface area contributed by atoms with Gasteiger partial charge in [-0.1, -0.05) is 0 Å². The smallest absolute Gasteiger partial charge is 0.248 e. The maximum Gasteiger partial charge on any atom is 0.248 e. The summed E-state index contributed by atoms with van der Waals surface area (Å²) in [4.78, 5) is 15.7. The first-order chi connectivity index (χ1) is 8.61. The maximum atomic E-state index is 11.8. The van der Waals surface area contributed by atoms with Crippen molar-refractivity contribution >= 4 is 5.91 Å². The van der Waals surface area contributed by atoms with E-state index in [1.807, 2.05) is 19.0 Å². The van der Waals surface area contributed by atoms with Crippen LogP contribution in [0.4, 0.5) is 0 Å². The summed E-state index contributed by atoms with van der Waals surface area (Å²) in [6.07, 6.45) is 0.866. The molecule has 0 aromatic carbocycles. The first-order valence-corrected chi connectivity index (χ1v) is 6.08. The summed E-state index contributed by atoms with van der Waals surface area (Å²) in [7, 11) is 5.59. The first-order valence-electron chi connectivity index (χ1n) is 6.08. The van der Waals surface area contributed by atoms with Crippen LogP contribution in [0.2, 0.25) is 0 Å². The van der Waals surface area contributed by atoms with Crippen LogP contribution in [0.25, 0.3) is 0 Å². The number of nitrogens with zero attached hydrogens (tertiary/aromatic N) is 3. The van der Waals surface area contributed by atoms with E-state index in [1.165, 1.54) is 5.56 Å². The summed E-state index contributed by atoms with van der Waals surface area (Å²) < 4.78 is 4.88. The molecule has 0 saturated carbocycles. The van der Waals surface area contributed by atoms with Crippen LogP contribution in [0.15, 0.2) is 0 Å². The molecule has 1 aromatic heterocycles. The number of carbonyl (C=O) groups excluding carboxylic acids is 1. The van der Waals surface area contributed by atoms with E-state index >= 15 is 0 Å². The van der Waals surface area contributed by atoms with Gasteiger partial charge in [0, 0.05) is 25.8 Å². The Bertz CT molecular complexity index is 428. The number of H-pyrrole nitrogens is 1. The second-order valence-corrected chi connectivity index (χ2v) is 4.86. The molecule has 18 heavy (non-hydrogen) atoms. The molecule has 100 valence electrons. The van der Waals surface area contributed by atoms with Crippen LogP contribution in [-0.4, -0.2) is 60.3 Å². The Kier molecular flexibility index (Phi) is 3.98. The number of aromatic amines is 1. The lowest BCUT2D eigenvalue weighted by atomic mass is 10.0. The van der Waals surface area contributed by atoms with Gasteiger partial charge < -0.3 is 14.5 Å². The van der Waals surface area contributed by atoms with Crippen LogP contribution in [0.1, 0.15) is 17.0 Å². The lowest BCUT2D eigenvalue weighted by molar-refractivity contribution is -0.136. The lowest BCUT2D eigenvalue weighted by Crippen LogP contribution is -2.38. The number of nitrogens with one attached hydrogen (secondary N) is 1. The summed E-state index contributed by atoms with van der Waals surface area (Å²) in [6, 6.07) is 0. The second kappa shape index (κ2) is 5.49. The highest BCUT2D eigenvalue weighted by Crippen LogP contribution is 2.20. The Morgan fingerprint density at radius 1 is 1.56 bits per heavy atom. The average molecular weight is 252 g/mol. The van der Waals surface area contributed by atoms with E-state index < -0.39 is 0 Å². The minimum atomic E-state index is 0.0342. The number of hydrogen-bond acceptors (Lipinski definition) is 4. The van der Waals surface area contributed by atoms with E-state index in [0.29, 0.717) is 6.54 Å². The van der Waals surface area contributed by atoms with Crippen LogP contribution in [0.3, 0.4) is 0 Å². The summed E-state index contributed by atoms with van der Waals surface area (Å²) >= 11 is 0. The number of rotatable bonds is 4. The lowest BCUT2D eigenvalue weighted by Gasteiger charge is -2.26. The highest BCUT2D eigenvalue weighted by atomic mass is 16.5. The van der Waals surface area contributed by atoms with Crippen LogP contribution in [0.5, 0.6) is 0 Å². The normalized spacial score (nSPS) is 15.0. The third-order valence-electron chi connectivity index (χ3n) is 3.11. The zero-order chi connectivity index (χ0) is 13.1. The molecule has 1 aromatic rings. The molecule has 1 aliphatic rings. The molecule has 0 aliphatic carbocycles. The van der Waals surface area contributed by atoms with Crippen molar-refractivity contribution < 1.29 is 9.53 Å². The summed E-state index contributed by atoms with van der Waals surface area (Å²) in [5.41, 5.74) is 3.42. The number of carbonyl (C=O) groups is 1. The van der Waals surface area contributed by atoms with E-state index in [-0.39, 0.29) is 12.5 Å². The van der Waals surface area contributed by atoms with Crippen molar-refractivity contribution in [3.63, 3.8) is 0 Å². The van der Waals surface area contributed by atoms with Crippen molar-refractivity contribution in [1.82, 2.24) is 20.0 Å². The van der Waals surface area contributed by atoms with E-state index in [2.05, 4.69) is 15.1 Å². The van der Waals surface area contributed by atoms with E-state index in [0.717, 1.165) is 30.9 Å². The number of methoxy groups -OCH3 is 1. The van der Waals surface area contributed by atoms with Crippen LogP contribution in [-0.2, 0) is 29.0 Å². The Morgan fingerprint density at radius 3 is 3.00 bits per heavy atom. The van der Waals surface area contributed by atoms with E-state index in [1.54, 1.807) is 7.11 Å². The fraction of sp³-hybridized carbons (Fsp3) is 0.667. The van der Waals surface area contributed by atoms with Crippen LogP contribution < -0.4 is 0 Å². The van der Waals surface area contributed by atoms with Crippen molar-refractivity contribution in [3.8, 4) is 0 Å². The number of amides is 1. The average Bonchev–Trinajstić information content (AvgIpc) is 2.71. The van der Waals surface area contributed by atoms with Gasteiger partial charge in [-0.2, -0.15) is 5.10 Å². The van der Waals surface area contributed by atoms with Gasteiger partial charge in [0.25, 0.3) is 0 Å². The third kappa shape index (κ3) is 2.70. The van der Waals surface area contributed by atoms with Gasteiger partial charge in [0.2, 0.25) is 5.91 Å². The predicted octanol–water partition coefficient (Wildman–Crippen LogP) is 0.00240. The van der Waals surface area contributed by atoms with Gasteiger partial charge in [0.05, 0.1) is 17.9 Å². The van der Waals surface area contributed by atoms with Crippen molar-refractivity contribution in [1.29, 1.82) is 0 Å². The van der Waals surface area contributed by atoms with Gasteiger partial charge in [-0.3, -0.25) is 9.89 Å². The minimum absolute atomic E-state index is 0.0342. The van der Waals surface area contributed by atoms with Gasteiger partial charge in [-0.25, -0.2) is 0 Å². The molecule has 1 amide bonds. The highest BCUT2D eigenvalue weighted by molar-refractivity contribution is 5.77. The van der Waals surface area contributed by atoms with Crippen molar-refractivity contribution in [3.05, 3.63) is 17.0 Å². The molecule has 0 bridgehead atoms. The quantitative estimate of drug-likeness (QED) is 0.819. The van der Waals surface area contributed by atoms with Crippen LogP contribution >= 0.6 is 0 Å². The van der Waals surface area contributed by atoms with E-state index in [9.17, 15) is 4.79 Å². The van der Waals surface area contributed by atoms with Crippen molar-refractivity contribution in [2.24, 2.45) is 0 Å². The molecule has 6 nitrogen and oxygen atoms in total. The largest absolute Gasteiger partial charge is 0.375 e. The molecule has 0 spiro atoms. The fourth-order valence-corrected chi connectivity index (χ4v) is 2.24. The molecule has 1 aliphatic heterocycles. The van der Waals surface area contributed by atoms with Gasteiger partial charge in [0.15, 0.2) is 0 Å². The molecule has 0 radical (unpaired) electrons. The third-order valence-corrected chi connectivity index (χ3v) is 3.11. The molecule has 2 rings (SSSR count). The SMILES string of the molecule is COCC(=O)N1CCc2c(CN(C)C)n[nH]c2C1. The zero-order valence-electron chi connectivity index (χ0n) is 11.2. The molecular weight excluding hydrogens is 232 g/mol. The fourth-order valence-electron chi connectivity index (χ4n) is 2.24. The van der Waals surface area contributed by atoms with Crippen LogP contribution in [0, 0.1) is 0 Å². The summed E-state index contributed by atoms with van der Waals surface area (Å²) in [5, 5.41) is 7.39. The molecule has 1 N–H and O–H groups in total. The molecule has 0 fully saturated rings. The standard InChI is InChI=1S/C12H20N4O2/c1-15(2)6-10-9-4-5-16(12(17)8-18-3)7-11(9)14-13-10/h4-8H2,1-3H3,(H,13,14). The molecule has 6 heteroatoms. The number of hydrogen-bond donors (Lipinski definition) is 1. The van der Waals surface area contributed by atoms with Gasteiger partial charge in [0.1, 0.15) is 6.61 Å². The van der Waals surface area contributed by atoms with Gasteiger partial charge >= 0.3 is 0 Å². The first kappa shape index (κ1) is 13.0. The zero-order valence-corrected chi connectivity index (χ0v) is 11.2.